The number of aromatic nitrogens is 2. The molecule has 6 heteroatoms. The van der Waals surface area contributed by atoms with Gasteiger partial charge in [0.2, 0.25) is 0 Å². The maximum Gasteiger partial charge on any atom is 0.309 e. The van der Waals surface area contributed by atoms with Gasteiger partial charge in [-0.05, 0) is 24.6 Å². The molecule has 2 aromatic heterocycles. The molecule has 0 fully saturated rings. The molecular formula is C14H11ClN2O2S. The fraction of sp³-hybridized carbons (Fsp3) is 0.143. The lowest BCUT2D eigenvalue weighted by molar-refractivity contribution is -0.136. The first-order valence-corrected chi connectivity index (χ1v) is 7.24. The molecule has 20 heavy (non-hydrogen) atoms. The van der Waals surface area contributed by atoms with Crippen LogP contribution in [-0.2, 0) is 11.2 Å². The van der Waals surface area contributed by atoms with Crippen LogP contribution in [0.5, 0.6) is 0 Å². The molecule has 3 rings (SSSR count). The quantitative estimate of drug-likeness (QED) is 0.803. The number of carboxylic acid groups (broad SMARTS) is 1. The zero-order valence-corrected chi connectivity index (χ0v) is 12.2. The molecule has 0 saturated heterocycles. The number of aliphatic carboxylic acids is 1. The molecule has 0 aliphatic heterocycles. The van der Waals surface area contributed by atoms with Crippen molar-refractivity contribution in [3.8, 4) is 11.3 Å². The van der Waals surface area contributed by atoms with Gasteiger partial charge in [-0.25, -0.2) is 4.98 Å². The summed E-state index contributed by atoms with van der Waals surface area (Å²) < 4.78 is 1.83. The van der Waals surface area contributed by atoms with E-state index in [-0.39, 0.29) is 6.42 Å². The summed E-state index contributed by atoms with van der Waals surface area (Å²) in [5, 5.41) is 11.4. The van der Waals surface area contributed by atoms with Gasteiger partial charge in [-0.1, -0.05) is 17.7 Å². The predicted octanol–water partition coefficient (Wildman–Crippen LogP) is 3.65. The SMILES string of the molecule is Cc1cc(-c2cn3c(CC(=O)O)csc3n2)ccc1Cl. The number of hydrogen-bond donors (Lipinski definition) is 1. The van der Waals surface area contributed by atoms with Crippen molar-refractivity contribution in [3.63, 3.8) is 0 Å². The van der Waals surface area contributed by atoms with Gasteiger partial charge in [0.15, 0.2) is 4.96 Å². The molecule has 0 radical (unpaired) electrons. The second-order valence-corrected chi connectivity index (χ2v) is 5.78. The number of halogens is 1. The van der Waals surface area contributed by atoms with Gasteiger partial charge in [0, 0.05) is 27.9 Å². The monoisotopic (exact) mass is 306 g/mol. The summed E-state index contributed by atoms with van der Waals surface area (Å²) in [4.78, 5) is 16.1. The van der Waals surface area contributed by atoms with Crippen LogP contribution in [0.4, 0.5) is 0 Å². The van der Waals surface area contributed by atoms with Gasteiger partial charge in [0.1, 0.15) is 0 Å². The molecule has 1 aromatic carbocycles. The smallest absolute Gasteiger partial charge is 0.309 e. The topological polar surface area (TPSA) is 54.6 Å². The fourth-order valence-electron chi connectivity index (χ4n) is 2.05. The summed E-state index contributed by atoms with van der Waals surface area (Å²) in [6.45, 7) is 1.94. The summed E-state index contributed by atoms with van der Waals surface area (Å²) in [7, 11) is 0. The highest BCUT2D eigenvalue weighted by molar-refractivity contribution is 7.15. The molecule has 4 nitrogen and oxygen atoms in total. The number of carbonyl (C=O) groups is 1. The van der Waals surface area contributed by atoms with Crippen LogP contribution in [0.1, 0.15) is 11.3 Å². The van der Waals surface area contributed by atoms with Crippen LogP contribution in [0.25, 0.3) is 16.2 Å². The first-order valence-electron chi connectivity index (χ1n) is 5.98. The molecule has 102 valence electrons. The first-order chi connectivity index (χ1) is 9.54. The van der Waals surface area contributed by atoms with Gasteiger partial charge in [0.25, 0.3) is 0 Å². The van der Waals surface area contributed by atoms with Crippen molar-refractivity contribution in [3.05, 3.63) is 46.1 Å². The highest BCUT2D eigenvalue weighted by atomic mass is 35.5. The molecule has 0 amide bonds. The van der Waals surface area contributed by atoms with E-state index in [1.165, 1.54) is 11.3 Å². The highest BCUT2D eigenvalue weighted by Gasteiger charge is 2.12. The number of carboxylic acids is 1. The summed E-state index contributed by atoms with van der Waals surface area (Å²) >= 11 is 7.46. The largest absolute Gasteiger partial charge is 0.481 e. The zero-order chi connectivity index (χ0) is 14.3. The lowest BCUT2D eigenvalue weighted by atomic mass is 10.1. The summed E-state index contributed by atoms with van der Waals surface area (Å²) in [6, 6.07) is 5.74. The number of thiazole rings is 1. The number of benzene rings is 1. The average Bonchev–Trinajstić information content (AvgIpc) is 2.94. The van der Waals surface area contributed by atoms with Crippen molar-refractivity contribution in [2.24, 2.45) is 0 Å². The summed E-state index contributed by atoms with van der Waals surface area (Å²) in [5.74, 6) is -0.845. The standard InChI is InChI=1S/C14H11ClN2O2S/c1-8-4-9(2-3-11(8)15)12-6-17-10(5-13(18)19)7-20-14(17)16-12/h2-4,6-7H,5H2,1H3,(H,18,19). The number of nitrogens with zero attached hydrogens (tertiary/aromatic N) is 2. The number of aryl methyl sites for hydroxylation is 1. The molecule has 0 aliphatic carbocycles. The van der Waals surface area contributed by atoms with Gasteiger partial charge in [0.05, 0.1) is 12.1 Å². The minimum atomic E-state index is -0.845. The Balaban J connectivity index is 2.06. The second-order valence-electron chi connectivity index (χ2n) is 4.54. The maximum absolute atomic E-state index is 10.8. The van der Waals surface area contributed by atoms with E-state index in [1.807, 2.05) is 41.1 Å². The van der Waals surface area contributed by atoms with E-state index in [2.05, 4.69) is 4.98 Å². The third-order valence-electron chi connectivity index (χ3n) is 3.07. The van der Waals surface area contributed by atoms with Gasteiger partial charge in [-0.15, -0.1) is 11.3 Å². The summed E-state index contributed by atoms with van der Waals surface area (Å²) in [5.41, 5.74) is 3.53. The van der Waals surface area contributed by atoms with E-state index in [0.717, 1.165) is 32.5 Å². The molecule has 1 N–H and O–H groups in total. The van der Waals surface area contributed by atoms with Crippen molar-refractivity contribution in [2.75, 3.05) is 0 Å². The maximum atomic E-state index is 10.8. The van der Waals surface area contributed by atoms with Gasteiger partial charge in [-0.3, -0.25) is 9.20 Å². The van der Waals surface area contributed by atoms with Crippen molar-refractivity contribution in [1.82, 2.24) is 9.38 Å². The summed E-state index contributed by atoms with van der Waals surface area (Å²) in [6.07, 6.45) is 1.86. The highest BCUT2D eigenvalue weighted by Crippen LogP contribution is 2.26. The molecule has 0 unspecified atom stereocenters. The lowest BCUT2D eigenvalue weighted by Gasteiger charge is -2.00. The molecular weight excluding hydrogens is 296 g/mol. The average molecular weight is 307 g/mol. The number of fused-ring (bicyclic) bond motifs is 1. The zero-order valence-electron chi connectivity index (χ0n) is 10.6. The van der Waals surface area contributed by atoms with E-state index < -0.39 is 5.97 Å². The molecule has 0 bridgehead atoms. The number of hydrogen-bond acceptors (Lipinski definition) is 3. The van der Waals surface area contributed by atoms with Crippen molar-refractivity contribution in [2.45, 2.75) is 13.3 Å². The Kier molecular flexibility index (Phi) is 3.23. The molecule has 2 heterocycles. The minimum absolute atomic E-state index is 0.00452. The third kappa shape index (κ3) is 2.30. The second kappa shape index (κ2) is 4.92. The Morgan fingerprint density at radius 2 is 2.30 bits per heavy atom. The van der Waals surface area contributed by atoms with E-state index in [9.17, 15) is 4.79 Å². The molecule has 0 saturated carbocycles. The Morgan fingerprint density at radius 3 is 3.00 bits per heavy atom. The lowest BCUT2D eigenvalue weighted by Crippen LogP contribution is -2.02. The normalized spacial score (nSPS) is 11.1. The Morgan fingerprint density at radius 1 is 1.50 bits per heavy atom. The van der Waals surface area contributed by atoms with Crippen LogP contribution in [0, 0.1) is 6.92 Å². The van der Waals surface area contributed by atoms with E-state index in [0.29, 0.717) is 0 Å². The van der Waals surface area contributed by atoms with E-state index in [1.54, 1.807) is 0 Å². The van der Waals surface area contributed by atoms with E-state index >= 15 is 0 Å². The first kappa shape index (κ1) is 13.1. The van der Waals surface area contributed by atoms with Gasteiger partial charge >= 0.3 is 5.97 Å². The Bertz CT molecular complexity index is 807. The third-order valence-corrected chi connectivity index (χ3v) is 4.38. The van der Waals surface area contributed by atoms with E-state index in [4.69, 9.17) is 16.7 Å². The van der Waals surface area contributed by atoms with Crippen LogP contribution in [0.15, 0.2) is 29.8 Å². The number of imidazole rings is 1. The molecule has 0 spiro atoms. The van der Waals surface area contributed by atoms with Crippen LogP contribution < -0.4 is 0 Å². The molecule has 3 aromatic rings. The van der Waals surface area contributed by atoms with Gasteiger partial charge < -0.3 is 5.11 Å². The Labute approximate surface area is 124 Å². The number of rotatable bonds is 3. The van der Waals surface area contributed by atoms with Crippen molar-refractivity contribution < 1.29 is 9.90 Å². The van der Waals surface area contributed by atoms with Crippen LogP contribution in [0.2, 0.25) is 5.02 Å². The Hall–Kier alpha value is -1.85. The molecule has 0 atom stereocenters. The molecule has 0 aliphatic rings. The van der Waals surface area contributed by atoms with Crippen LogP contribution in [-0.4, -0.2) is 20.5 Å². The van der Waals surface area contributed by atoms with Crippen LogP contribution >= 0.6 is 22.9 Å². The predicted molar refractivity (Wildman–Crippen MR) is 79.6 cm³/mol. The fourth-order valence-corrected chi connectivity index (χ4v) is 3.05. The van der Waals surface area contributed by atoms with Crippen molar-refractivity contribution >= 4 is 33.9 Å². The van der Waals surface area contributed by atoms with Gasteiger partial charge in [-0.2, -0.15) is 0 Å². The minimum Gasteiger partial charge on any atom is -0.481 e. The van der Waals surface area contributed by atoms with Crippen molar-refractivity contribution in [1.29, 1.82) is 0 Å². The van der Waals surface area contributed by atoms with Crippen LogP contribution in [0.3, 0.4) is 0 Å².